The summed E-state index contributed by atoms with van der Waals surface area (Å²) in [6.45, 7) is 4.17. The molecule has 1 atom stereocenters. The molecule has 170 valence electrons. The predicted molar refractivity (Wildman–Crippen MR) is 126 cm³/mol. The summed E-state index contributed by atoms with van der Waals surface area (Å²) in [5.74, 6) is 1.62. The van der Waals surface area contributed by atoms with E-state index in [4.69, 9.17) is 14.2 Å². The van der Waals surface area contributed by atoms with Crippen molar-refractivity contribution in [2.45, 2.75) is 26.5 Å². The molecule has 4 rings (SSSR count). The van der Waals surface area contributed by atoms with Gasteiger partial charge in [-0.2, -0.15) is 0 Å². The molecule has 7 nitrogen and oxygen atoms in total. The van der Waals surface area contributed by atoms with Crippen LogP contribution in [0.4, 0.5) is 0 Å². The lowest BCUT2D eigenvalue weighted by Crippen LogP contribution is -2.27. The molecule has 33 heavy (non-hydrogen) atoms. The Morgan fingerprint density at radius 2 is 1.88 bits per heavy atom. The average Bonchev–Trinajstić information content (AvgIpc) is 3.27. The largest absolute Gasteiger partial charge is 0.497 e. The van der Waals surface area contributed by atoms with Crippen LogP contribution in [0.25, 0.3) is 5.65 Å². The number of aromatic nitrogens is 2. The number of hydrogen-bond acceptors (Lipinski definition) is 5. The number of para-hydroxylation sites is 1. The summed E-state index contributed by atoms with van der Waals surface area (Å²) in [7, 11) is 3.20. The highest BCUT2D eigenvalue weighted by Crippen LogP contribution is 2.30. The number of hydrogen-bond donors (Lipinski definition) is 1. The van der Waals surface area contributed by atoms with Crippen molar-refractivity contribution >= 4 is 11.6 Å². The second-order valence-electron chi connectivity index (χ2n) is 7.74. The molecular weight excluding hydrogens is 418 g/mol. The Morgan fingerprint density at radius 3 is 2.64 bits per heavy atom. The first-order valence-corrected chi connectivity index (χ1v) is 10.7. The van der Waals surface area contributed by atoms with Crippen LogP contribution in [0.3, 0.4) is 0 Å². The summed E-state index contributed by atoms with van der Waals surface area (Å²) >= 11 is 0. The summed E-state index contributed by atoms with van der Waals surface area (Å²) in [6.07, 6.45) is 3.89. The standard InChI is InChI=1S/C26H27N3O4/c1-17-8-7-13-29-15-19(28-25(17)29)16-33-24-10-6-5-9-21(24)26(30)27-18(2)22-14-20(31-3)11-12-23(22)32-4/h5-15,18H,16H2,1-4H3,(H,27,30). The van der Waals surface area contributed by atoms with E-state index in [2.05, 4.69) is 10.3 Å². The van der Waals surface area contributed by atoms with Crippen molar-refractivity contribution < 1.29 is 19.0 Å². The zero-order chi connectivity index (χ0) is 23.4. The van der Waals surface area contributed by atoms with Gasteiger partial charge in [0, 0.05) is 18.0 Å². The molecule has 2 heterocycles. The van der Waals surface area contributed by atoms with Crippen molar-refractivity contribution in [1.82, 2.24) is 14.7 Å². The van der Waals surface area contributed by atoms with Crippen LogP contribution < -0.4 is 19.5 Å². The maximum atomic E-state index is 13.1. The van der Waals surface area contributed by atoms with Crippen LogP contribution in [-0.4, -0.2) is 29.5 Å². The molecule has 2 aromatic heterocycles. The lowest BCUT2D eigenvalue weighted by Gasteiger charge is -2.19. The summed E-state index contributed by atoms with van der Waals surface area (Å²) in [5, 5.41) is 3.03. The van der Waals surface area contributed by atoms with Crippen LogP contribution in [0.1, 0.15) is 40.1 Å². The van der Waals surface area contributed by atoms with Gasteiger partial charge in [-0.05, 0) is 55.8 Å². The molecule has 0 radical (unpaired) electrons. The minimum atomic E-state index is -0.308. The minimum Gasteiger partial charge on any atom is -0.497 e. The fourth-order valence-electron chi connectivity index (χ4n) is 3.74. The molecule has 7 heteroatoms. The third-order valence-electron chi connectivity index (χ3n) is 5.49. The molecule has 0 fully saturated rings. The van der Waals surface area contributed by atoms with E-state index in [0.717, 1.165) is 22.5 Å². The number of methoxy groups -OCH3 is 2. The quantitative estimate of drug-likeness (QED) is 0.424. The Morgan fingerprint density at radius 1 is 1.06 bits per heavy atom. The molecule has 1 N–H and O–H groups in total. The minimum absolute atomic E-state index is 0.242. The van der Waals surface area contributed by atoms with Crippen molar-refractivity contribution in [3.63, 3.8) is 0 Å². The average molecular weight is 446 g/mol. The molecule has 2 aromatic carbocycles. The molecule has 0 aliphatic heterocycles. The normalized spacial score (nSPS) is 11.8. The van der Waals surface area contributed by atoms with E-state index < -0.39 is 0 Å². The van der Waals surface area contributed by atoms with Gasteiger partial charge in [0.05, 0.1) is 31.5 Å². The van der Waals surface area contributed by atoms with Gasteiger partial charge in [0.2, 0.25) is 0 Å². The number of benzene rings is 2. The van der Waals surface area contributed by atoms with Crippen LogP contribution in [0.2, 0.25) is 0 Å². The first-order valence-electron chi connectivity index (χ1n) is 10.7. The monoisotopic (exact) mass is 445 g/mol. The van der Waals surface area contributed by atoms with E-state index in [9.17, 15) is 4.79 Å². The fourth-order valence-corrected chi connectivity index (χ4v) is 3.74. The number of pyridine rings is 1. The number of nitrogens with zero attached hydrogens (tertiary/aromatic N) is 2. The van der Waals surface area contributed by atoms with E-state index in [1.54, 1.807) is 26.4 Å². The van der Waals surface area contributed by atoms with E-state index in [0.29, 0.717) is 22.8 Å². The smallest absolute Gasteiger partial charge is 0.255 e. The SMILES string of the molecule is COc1ccc(OC)c(C(C)NC(=O)c2ccccc2OCc2cn3cccc(C)c3n2)c1. The summed E-state index contributed by atoms with van der Waals surface area (Å²) in [6, 6.07) is 16.4. The number of carbonyl (C=O) groups is 1. The molecule has 0 spiro atoms. The highest BCUT2D eigenvalue weighted by Gasteiger charge is 2.19. The summed E-state index contributed by atoms with van der Waals surface area (Å²) in [4.78, 5) is 17.8. The maximum absolute atomic E-state index is 13.1. The van der Waals surface area contributed by atoms with Crippen molar-refractivity contribution in [2.75, 3.05) is 14.2 Å². The van der Waals surface area contributed by atoms with Gasteiger partial charge in [0.25, 0.3) is 5.91 Å². The number of amides is 1. The topological polar surface area (TPSA) is 74.1 Å². The van der Waals surface area contributed by atoms with Crippen molar-refractivity contribution in [2.24, 2.45) is 0 Å². The van der Waals surface area contributed by atoms with Gasteiger partial charge in [0.15, 0.2) is 0 Å². The van der Waals surface area contributed by atoms with Gasteiger partial charge in [-0.15, -0.1) is 0 Å². The first-order chi connectivity index (χ1) is 16.0. The number of imidazole rings is 1. The van der Waals surface area contributed by atoms with Gasteiger partial charge >= 0.3 is 0 Å². The fraction of sp³-hybridized carbons (Fsp3) is 0.231. The number of nitrogens with one attached hydrogen (secondary N) is 1. The third-order valence-corrected chi connectivity index (χ3v) is 5.49. The summed E-state index contributed by atoms with van der Waals surface area (Å²) < 4.78 is 18.7. The number of rotatable bonds is 8. The molecule has 1 unspecified atom stereocenters. The second kappa shape index (κ2) is 9.65. The lowest BCUT2D eigenvalue weighted by atomic mass is 10.1. The Labute approximate surface area is 192 Å². The van der Waals surface area contributed by atoms with E-state index in [1.165, 1.54) is 0 Å². The molecule has 0 saturated heterocycles. The Balaban J connectivity index is 1.50. The number of aryl methyl sites for hydroxylation is 1. The van der Waals surface area contributed by atoms with Crippen LogP contribution in [0.5, 0.6) is 17.2 Å². The maximum Gasteiger partial charge on any atom is 0.255 e. The first kappa shape index (κ1) is 22.2. The Kier molecular flexibility index (Phi) is 6.49. The Bertz CT molecular complexity index is 1280. The Hall–Kier alpha value is -4.00. The number of fused-ring (bicyclic) bond motifs is 1. The van der Waals surface area contributed by atoms with Gasteiger partial charge in [-0.3, -0.25) is 4.79 Å². The van der Waals surface area contributed by atoms with E-state index >= 15 is 0 Å². The van der Waals surface area contributed by atoms with Crippen LogP contribution >= 0.6 is 0 Å². The van der Waals surface area contributed by atoms with Crippen LogP contribution in [0.15, 0.2) is 67.0 Å². The van der Waals surface area contributed by atoms with Gasteiger partial charge in [0.1, 0.15) is 29.5 Å². The highest BCUT2D eigenvalue weighted by atomic mass is 16.5. The van der Waals surface area contributed by atoms with Crippen LogP contribution in [0, 0.1) is 6.92 Å². The van der Waals surface area contributed by atoms with Crippen molar-refractivity contribution in [1.29, 1.82) is 0 Å². The zero-order valence-corrected chi connectivity index (χ0v) is 19.2. The van der Waals surface area contributed by atoms with Gasteiger partial charge in [-0.25, -0.2) is 4.98 Å². The lowest BCUT2D eigenvalue weighted by molar-refractivity contribution is 0.0935. The van der Waals surface area contributed by atoms with Crippen LogP contribution in [-0.2, 0) is 6.61 Å². The highest BCUT2D eigenvalue weighted by molar-refractivity contribution is 5.97. The molecule has 4 aromatic rings. The molecule has 0 aliphatic carbocycles. The second-order valence-corrected chi connectivity index (χ2v) is 7.74. The third kappa shape index (κ3) is 4.77. The molecular formula is C26H27N3O4. The predicted octanol–water partition coefficient (Wildman–Crippen LogP) is 4.73. The van der Waals surface area contributed by atoms with E-state index in [-0.39, 0.29) is 18.6 Å². The van der Waals surface area contributed by atoms with Crippen molar-refractivity contribution in [3.05, 3.63) is 89.4 Å². The number of carbonyl (C=O) groups excluding carboxylic acids is 1. The van der Waals surface area contributed by atoms with Gasteiger partial charge < -0.3 is 23.9 Å². The van der Waals surface area contributed by atoms with E-state index in [1.807, 2.05) is 73.1 Å². The molecule has 1 amide bonds. The molecule has 0 aliphatic rings. The molecule has 0 saturated carbocycles. The van der Waals surface area contributed by atoms with Crippen molar-refractivity contribution in [3.8, 4) is 17.2 Å². The summed E-state index contributed by atoms with van der Waals surface area (Å²) in [5.41, 5.74) is 4.04. The zero-order valence-electron chi connectivity index (χ0n) is 19.2. The molecule has 0 bridgehead atoms. The van der Waals surface area contributed by atoms with Gasteiger partial charge in [-0.1, -0.05) is 18.2 Å². The number of ether oxygens (including phenoxy) is 3.